The van der Waals surface area contributed by atoms with Gasteiger partial charge in [-0.2, -0.15) is 0 Å². The number of hydrogen-bond acceptors (Lipinski definition) is 3. The highest BCUT2D eigenvalue weighted by molar-refractivity contribution is 5.55. The molecule has 0 spiro atoms. The maximum Gasteiger partial charge on any atom is 0.134 e. The number of aromatic nitrogens is 2. The number of unbranched alkanes of at least 4 members (excludes halogenated alkanes) is 9. The van der Waals surface area contributed by atoms with Gasteiger partial charge in [0.25, 0.3) is 0 Å². The summed E-state index contributed by atoms with van der Waals surface area (Å²) in [6.07, 6.45) is 17.3. The molecule has 0 unspecified atom stereocenters. The molecule has 25 heavy (non-hydrogen) atoms. The number of rotatable bonds is 13. The van der Waals surface area contributed by atoms with Crippen LogP contribution in [0.5, 0.6) is 0 Å². The lowest BCUT2D eigenvalue weighted by molar-refractivity contribution is 0.557. The normalized spacial score (nSPS) is 10.8. The first kappa shape index (κ1) is 19.4. The Kier molecular flexibility index (Phi) is 9.68. The Morgan fingerprint density at radius 2 is 1.12 bits per heavy atom. The summed E-state index contributed by atoms with van der Waals surface area (Å²) in [5.41, 5.74) is 0. The third-order valence-electron chi connectivity index (χ3n) is 4.59. The summed E-state index contributed by atoms with van der Waals surface area (Å²) in [7, 11) is 0. The van der Waals surface area contributed by atoms with E-state index in [1.165, 1.54) is 64.2 Å². The minimum atomic E-state index is 0.977. The predicted molar refractivity (Wildman–Crippen MR) is 107 cm³/mol. The van der Waals surface area contributed by atoms with E-state index in [0.29, 0.717) is 0 Å². The molecule has 0 aromatic carbocycles. The average molecular weight is 340 g/mol. The molecule has 136 valence electrons. The van der Waals surface area contributed by atoms with E-state index in [0.717, 1.165) is 18.2 Å². The van der Waals surface area contributed by atoms with Gasteiger partial charge in [0.1, 0.15) is 11.6 Å². The quantitative estimate of drug-likeness (QED) is 0.388. The smallest absolute Gasteiger partial charge is 0.134 e. The SMILES string of the molecule is CCCCCCCCCCCCN(c1ccccn1)c1ccccn1. The molecule has 0 saturated carbocycles. The third-order valence-corrected chi connectivity index (χ3v) is 4.59. The fourth-order valence-electron chi connectivity index (χ4n) is 3.13. The Morgan fingerprint density at radius 3 is 1.56 bits per heavy atom. The molecule has 0 aliphatic heterocycles. The van der Waals surface area contributed by atoms with Crippen molar-refractivity contribution in [3.8, 4) is 0 Å². The van der Waals surface area contributed by atoms with Gasteiger partial charge in [-0.3, -0.25) is 0 Å². The van der Waals surface area contributed by atoms with E-state index >= 15 is 0 Å². The minimum Gasteiger partial charge on any atom is -0.311 e. The molecule has 0 fully saturated rings. The van der Waals surface area contributed by atoms with Gasteiger partial charge in [0, 0.05) is 18.9 Å². The van der Waals surface area contributed by atoms with Crippen molar-refractivity contribution in [2.45, 2.75) is 71.1 Å². The zero-order valence-electron chi connectivity index (χ0n) is 15.7. The van der Waals surface area contributed by atoms with Crippen LogP contribution in [-0.2, 0) is 0 Å². The molecule has 0 atom stereocenters. The van der Waals surface area contributed by atoms with Crippen LogP contribution in [0.1, 0.15) is 71.1 Å². The van der Waals surface area contributed by atoms with Gasteiger partial charge >= 0.3 is 0 Å². The molecule has 0 aliphatic carbocycles. The second-order valence-electron chi connectivity index (χ2n) is 6.71. The first-order valence-corrected chi connectivity index (χ1v) is 10.0. The molecule has 2 heterocycles. The Balaban J connectivity index is 1.69. The highest BCUT2D eigenvalue weighted by Crippen LogP contribution is 2.21. The maximum atomic E-state index is 4.51. The number of nitrogens with zero attached hydrogens (tertiary/aromatic N) is 3. The molecular weight excluding hydrogens is 306 g/mol. The molecule has 0 radical (unpaired) electrons. The Hall–Kier alpha value is -1.90. The van der Waals surface area contributed by atoms with Crippen LogP contribution < -0.4 is 4.90 Å². The summed E-state index contributed by atoms with van der Waals surface area (Å²) >= 11 is 0. The van der Waals surface area contributed by atoms with Crippen LogP contribution in [0.25, 0.3) is 0 Å². The first-order valence-electron chi connectivity index (χ1n) is 10.0. The van der Waals surface area contributed by atoms with Crippen LogP contribution in [0.15, 0.2) is 48.8 Å². The topological polar surface area (TPSA) is 29.0 Å². The van der Waals surface area contributed by atoms with Gasteiger partial charge in [-0.1, -0.05) is 76.8 Å². The van der Waals surface area contributed by atoms with Crippen LogP contribution in [0, 0.1) is 0 Å². The Morgan fingerprint density at radius 1 is 0.640 bits per heavy atom. The third kappa shape index (κ3) is 7.68. The van der Waals surface area contributed by atoms with Crippen molar-refractivity contribution in [2.75, 3.05) is 11.4 Å². The molecule has 2 aromatic heterocycles. The zero-order valence-corrected chi connectivity index (χ0v) is 15.7. The summed E-state index contributed by atoms with van der Waals surface area (Å²) in [6.45, 7) is 3.25. The number of anilines is 2. The molecule has 0 amide bonds. The largest absolute Gasteiger partial charge is 0.311 e. The van der Waals surface area contributed by atoms with Gasteiger partial charge in [-0.25, -0.2) is 9.97 Å². The van der Waals surface area contributed by atoms with Crippen LogP contribution in [0.2, 0.25) is 0 Å². The molecule has 3 nitrogen and oxygen atoms in total. The van der Waals surface area contributed by atoms with Gasteiger partial charge < -0.3 is 4.90 Å². The lowest BCUT2D eigenvalue weighted by Gasteiger charge is -2.22. The standard InChI is InChI=1S/C22H33N3/c1-2-3-4-5-6-7-8-9-10-15-20-25(21-16-11-13-18-23-21)22-17-12-14-19-24-22/h11-14,16-19H,2-10,15,20H2,1H3. The summed E-state index contributed by atoms with van der Waals surface area (Å²) in [6, 6.07) is 12.1. The Bertz CT molecular complexity index is 502. The highest BCUT2D eigenvalue weighted by atomic mass is 15.2. The molecule has 3 heteroatoms. The van der Waals surface area contributed by atoms with E-state index in [1.54, 1.807) is 0 Å². The van der Waals surface area contributed by atoms with Gasteiger partial charge in [0.05, 0.1) is 0 Å². The van der Waals surface area contributed by atoms with Crippen molar-refractivity contribution in [3.05, 3.63) is 48.8 Å². The van der Waals surface area contributed by atoms with E-state index in [2.05, 4.69) is 33.9 Å². The van der Waals surface area contributed by atoms with E-state index in [9.17, 15) is 0 Å². The summed E-state index contributed by atoms with van der Waals surface area (Å²) in [5.74, 6) is 1.97. The fraction of sp³-hybridized carbons (Fsp3) is 0.545. The second-order valence-corrected chi connectivity index (χ2v) is 6.71. The summed E-state index contributed by atoms with van der Waals surface area (Å²) < 4.78 is 0. The van der Waals surface area contributed by atoms with Crippen LogP contribution in [0.4, 0.5) is 11.6 Å². The molecule has 0 bridgehead atoms. The van der Waals surface area contributed by atoms with Gasteiger partial charge in [0.15, 0.2) is 0 Å². The van der Waals surface area contributed by atoms with Gasteiger partial charge in [-0.15, -0.1) is 0 Å². The average Bonchev–Trinajstić information content (AvgIpc) is 2.67. The molecule has 2 aromatic rings. The van der Waals surface area contributed by atoms with E-state index < -0.39 is 0 Å². The molecule has 0 saturated heterocycles. The van der Waals surface area contributed by atoms with Gasteiger partial charge in [0.2, 0.25) is 0 Å². The molecule has 0 aliphatic rings. The molecular formula is C22H33N3. The Labute approximate surface area is 153 Å². The van der Waals surface area contributed by atoms with Crippen molar-refractivity contribution >= 4 is 11.6 Å². The monoisotopic (exact) mass is 339 g/mol. The zero-order chi connectivity index (χ0) is 17.6. The fourth-order valence-corrected chi connectivity index (χ4v) is 3.13. The number of pyridine rings is 2. The van der Waals surface area contributed by atoms with Crippen molar-refractivity contribution in [1.29, 1.82) is 0 Å². The second kappa shape index (κ2) is 12.5. The van der Waals surface area contributed by atoms with Crippen LogP contribution in [0.3, 0.4) is 0 Å². The predicted octanol–water partition coefficient (Wildman–Crippen LogP) is 6.54. The summed E-state index contributed by atoms with van der Waals surface area (Å²) in [4.78, 5) is 11.2. The van der Waals surface area contributed by atoms with Crippen molar-refractivity contribution in [2.24, 2.45) is 0 Å². The van der Waals surface area contributed by atoms with Crippen LogP contribution in [-0.4, -0.2) is 16.5 Å². The van der Waals surface area contributed by atoms with Crippen LogP contribution >= 0.6 is 0 Å². The minimum absolute atomic E-state index is 0.977. The highest BCUT2D eigenvalue weighted by Gasteiger charge is 2.10. The summed E-state index contributed by atoms with van der Waals surface area (Å²) in [5, 5.41) is 0. The molecule has 2 rings (SSSR count). The lowest BCUT2D eigenvalue weighted by Crippen LogP contribution is -2.20. The lowest BCUT2D eigenvalue weighted by atomic mass is 10.1. The van der Waals surface area contributed by atoms with Crippen molar-refractivity contribution in [1.82, 2.24) is 9.97 Å². The van der Waals surface area contributed by atoms with Crippen molar-refractivity contribution in [3.63, 3.8) is 0 Å². The molecule has 0 N–H and O–H groups in total. The van der Waals surface area contributed by atoms with Gasteiger partial charge in [-0.05, 0) is 30.7 Å². The number of hydrogen-bond donors (Lipinski definition) is 0. The van der Waals surface area contributed by atoms with E-state index in [4.69, 9.17) is 0 Å². The van der Waals surface area contributed by atoms with E-state index in [-0.39, 0.29) is 0 Å². The first-order chi connectivity index (χ1) is 12.4. The van der Waals surface area contributed by atoms with E-state index in [1.807, 2.05) is 36.7 Å². The maximum absolute atomic E-state index is 4.51. The van der Waals surface area contributed by atoms with Crippen molar-refractivity contribution < 1.29 is 0 Å².